The first-order valence-electron chi connectivity index (χ1n) is 7.27. The first-order valence-corrected chi connectivity index (χ1v) is 7.65. The molecule has 0 aliphatic carbocycles. The van der Waals surface area contributed by atoms with E-state index in [9.17, 15) is 4.79 Å². The Morgan fingerprint density at radius 1 is 1.38 bits per heavy atom. The number of likely N-dealkylation sites (tertiary alicyclic amines) is 1. The van der Waals surface area contributed by atoms with Crippen LogP contribution in [0.3, 0.4) is 0 Å². The standard InChI is InChI=1S/C16H18ClN3O/c1-11-5-2-3-8-20(11)16(21)15-10-14(18-19-15)12-6-4-7-13(17)9-12/h4,6-7,9-11H,2-3,5,8H2,1H3,(H,18,19). The third kappa shape index (κ3) is 2.95. The number of hydrogen-bond acceptors (Lipinski definition) is 2. The number of H-pyrrole nitrogens is 1. The first kappa shape index (κ1) is 14.1. The van der Waals surface area contributed by atoms with Crippen LogP contribution >= 0.6 is 11.6 Å². The zero-order valence-electron chi connectivity index (χ0n) is 12.0. The summed E-state index contributed by atoms with van der Waals surface area (Å²) < 4.78 is 0. The summed E-state index contributed by atoms with van der Waals surface area (Å²) in [5, 5.41) is 7.75. The van der Waals surface area contributed by atoms with Crippen LogP contribution in [0.25, 0.3) is 11.3 Å². The SMILES string of the molecule is CC1CCCCN1C(=O)c1cc(-c2cccc(Cl)c2)n[nH]1. The lowest BCUT2D eigenvalue weighted by Crippen LogP contribution is -2.42. The Morgan fingerprint density at radius 3 is 3.00 bits per heavy atom. The number of hydrogen-bond donors (Lipinski definition) is 1. The summed E-state index contributed by atoms with van der Waals surface area (Å²) in [6, 6.07) is 9.56. The van der Waals surface area contributed by atoms with Crippen LogP contribution in [-0.2, 0) is 0 Å². The molecule has 1 N–H and O–H groups in total. The van der Waals surface area contributed by atoms with E-state index in [4.69, 9.17) is 11.6 Å². The second-order valence-electron chi connectivity index (χ2n) is 5.52. The van der Waals surface area contributed by atoms with Crippen LogP contribution in [0.4, 0.5) is 0 Å². The topological polar surface area (TPSA) is 49.0 Å². The lowest BCUT2D eigenvalue weighted by atomic mass is 10.0. The molecule has 0 spiro atoms. The van der Waals surface area contributed by atoms with Crippen molar-refractivity contribution < 1.29 is 4.79 Å². The van der Waals surface area contributed by atoms with E-state index in [0.717, 1.165) is 30.6 Å². The van der Waals surface area contributed by atoms with E-state index in [-0.39, 0.29) is 5.91 Å². The molecule has 1 atom stereocenters. The van der Waals surface area contributed by atoms with Crippen molar-refractivity contribution in [1.29, 1.82) is 0 Å². The molecule has 1 aliphatic heterocycles. The third-order valence-electron chi connectivity index (χ3n) is 3.99. The maximum absolute atomic E-state index is 12.6. The number of halogens is 1. The highest BCUT2D eigenvalue weighted by atomic mass is 35.5. The van der Waals surface area contributed by atoms with Crippen LogP contribution < -0.4 is 0 Å². The van der Waals surface area contributed by atoms with Gasteiger partial charge in [-0.3, -0.25) is 9.89 Å². The molecule has 1 amide bonds. The molecule has 2 aromatic rings. The van der Waals surface area contributed by atoms with Gasteiger partial charge in [-0.1, -0.05) is 23.7 Å². The molecular weight excluding hydrogens is 286 g/mol. The minimum absolute atomic E-state index is 0.0305. The molecule has 1 aromatic carbocycles. The highest BCUT2D eigenvalue weighted by molar-refractivity contribution is 6.30. The number of aromatic amines is 1. The van der Waals surface area contributed by atoms with E-state index in [2.05, 4.69) is 17.1 Å². The fraction of sp³-hybridized carbons (Fsp3) is 0.375. The van der Waals surface area contributed by atoms with Gasteiger partial charge in [0.2, 0.25) is 0 Å². The largest absolute Gasteiger partial charge is 0.335 e. The van der Waals surface area contributed by atoms with Crippen molar-refractivity contribution in [3.05, 3.63) is 41.0 Å². The number of piperidine rings is 1. The van der Waals surface area contributed by atoms with Gasteiger partial charge in [0.1, 0.15) is 5.69 Å². The number of benzene rings is 1. The summed E-state index contributed by atoms with van der Waals surface area (Å²) >= 11 is 5.99. The second-order valence-corrected chi connectivity index (χ2v) is 5.96. The fourth-order valence-corrected chi connectivity index (χ4v) is 2.97. The summed E-state index contributed by atoms with van der Waals surface area (Å²) in [5.74, 6) is 0.0305. The van der Waals surface area contributed by atoms with Crippen molar-refractivity contribution in [3.8, 4) is 11.3 Å². The molecule has 4 nitrogen and oxygen atoms in total. The number of nitrogens with zero attached hydrogens (tertiary/aromatic N) is 2. The van der Waals surface area contributed by atoms with Gasteiger partial charge in [0, 0.05) is 23.2 Å². The molecule has 21 heavy (non-hydrogen) atoms. The summed E-state index contributed by atoms with van der Waals surface area (Å²) in [7, 11) is 0. The maximum Gasteiger partial charge on any atom is 0.272 e. The van der Waals surface area contributed by atoms with Crippen molar-refractivity contribution in [2.24, 2.45) is 0 Å². The van der Waals surface area contributed by atoms with Crippen LogP contribution in [0, 0.1) is 0 Å². The van der Waals surface area contributed by atoms with E-state index in [1.165, 1.54) is 6.42 Å². The lowest BCUT2D eigenvalue weighted by molar-refractivity contribution is 0.0629. The van der Waals surface area contributed by atoms with Gasteiger partial charge in [-0.05, 0) is 44.4 Å². The van der Waals surface area contributed by atoms with Gasteiger partial charge < -0.3 is 4.90 Å². The van der Waals surface area contributed by atoms with Gasteiger partial charge in [0.15, 0.2) is 0 Å². The van der Waals surface area contributed by atoms with Gasteiger partial charge in [-0.2, -0.15) is 5.10 Å². The van der Waals surface area contributed by atoms with Gasteiger partial charge >= 0.3 is 0 Å². The monoisotopic (exact) mass is 303 g/mol. The Balaban J connectivity index is 1.83. The third-order valence-corrected chi connectivity index (χ3v) is 4.23. The minimum atomic E-state index is 0.0305. The van der Waals surface area contributed by atoms with Gasteiger partial charge in [-0.15, -0.1) is 0 Å². The average Bonchev–Trinajstić information content (AvgIpc) is 2.97. The van der Waals surface area contributed by atoms with Gasteiger partial charge in [-0.25, -0.2) is 0 Å². The van der Waals surface area contributed by atoms with Crippen molar-refractivity contribution >= 4 is 17.5 Å². The molecule has 2 heterocycles. The molecule has 1 saturated heterocycles. The molecule has 110 valence electrons. The van der Waals surface area contributed by atoms with E-state index in [1.54, 1.807) is 6.07 Å². The number of carbonyl (C=O) groups excluding carboxylic acids is 1. The van der Waals surface area contributed by atoms with E-state index in [1.807, 2.05) is 29.2 Å². The van der Waals surface area contributed by atoms with Crippen LogP contribution in [-0.4, -0.2) is 33.6 Å². The van der Waals surface area contributed by atoms with Crippen molar-refractivity contribution in [2.75, 3.05) is 6.54 Å². The Kier molecular flexibility index (Phi) is 3.97. The Hall–Kier alpha value is -1.81. The molecule has 1 aliphatic rings. The number of rotatable bonds is 2. The molecule has 1 aromatic heterocycles. The van der Waals surface area contributed by atoms with Crippen LogP contribution in [0.5, 0.6) is 0 Å². The predicted octanol–water partition coefficient (Wildman–Crippen LogP) is 3.74. The molecule has 5 heteroatoms. The molecule has 1 fully saturated rings. The van der Waals surface area contributed by atoms with Crippen LogP contribution in [0.15, 0.2) is 30.3 Å². The highest BCUT2D eigenvalue weighted by Crippen LogP contribution is 2.23. The molecular formula is C16H18ClN3O. The van der Waals surface area contributed by atoms with E-state index in [0.29, 0.717) is 16.8 Å². The van der Waals surface area contributed by atoms with Crippen molar-refractivity contribution in [3.63, 3.8) is 0 Å². The lowest BCUT2D eigenvalue weighted by Gasteiger charge is -2.32. The van der Waals surface area contributed by atoms with Gasteiger partial charge in [0.25, 0.3) is 5.91 Å². The number of amides is 1. The molecule has 0 bridgehead atoms. The van der Waals surface area contributed by atoms with Crippen LogP contribution in [0.2, 0.25) is 5.02 Å². The zero-order valence-corrected chi connectivity index (χ0v) is 12.7. The predicted molar refractivity (Wildman–Crippen MR) is 83.4 cm³/mol. The number of carbonyl (C=O) groups is 1. The van der Waals surface area contributed by atoms with Crippen LogP contribution in [0.1, 0.15) is 36.7 Å². The normalized spacial score (nSPS) is 18.8. The summed E-state index contributed by atoms with van der Waals surface area (Å²) in [6.07, 6.45) is 3.34. The summed E-state index contributed by atoms with van der Waals surface area (Å²) in [5.41, 5.74) is 2.19. The van der Waals surface area contributed by atoms with E-state index >= 15 is 0 Å². The molecule has 0 saturated carbocycles. The number of aromatic nitrogens is 2. The minimum Gasteiger partial charge on any atom is -0.335 e. The Bertz CT molecular complexity index is 652. The number of nitrogens with one attached hydrogen (secondary N) is 1. The molecule has 1 unspecified atom stereocenters. The second kappa shape index (κ2) is 5.90. The first-order chi connectivity index (χ1) is 10.1. The van der Waals surface area contributed by atoms with Crippen molar-refractivity contribution in [1.82, 2.24) is 15.1 Å². The molecule has 0 radical (unpaired) electrons. The Morgan fingerprint density at radius 2 is 2.24 bits per heavy atom. The fourth-order valence-electron chi connectivity index (χ4n) is 2.78. The van der Waals surface area contributed by atoms with Gasteiger partial charge in [0.05, 0.1) is 5.69 Å². The smallest absolute Gasteiger partial charge is 0.272 e. The Labute approximate surface area is 129 Å². The summed E-state index contributed by atoms with van der Waals surface area (Å²) in [6.45, 7) is 2.93. The highest BCUT2D eigenvalue weighted by Gasteiger charge is 2.25. The molecule has 3 rings (SSSR count). The average molecular weight is 304 g/mol. The van der Waals surface area contributed by atoms with Crippen molar-refractivity contribution in [2.45, 2.75) is 32.2 Å². The van der Waals surface area contributed by atoms with E-state index < -0.39 is 0 Å². The zero-order chi connectivity index (χ0) is 14.8. The quantitative estimate of drug-likeness (QED) is 0.918. The maximum atomic E-state index is 12.6. The summed E-state index contributed by atoms with van der Waals surface area (Å²) in [4.78, 5) is 14.5.